The van der Waals surface area contributed by atoms with Crippen molar-refractivity contribution in [2.24, 2.45) is 5.73 Å². The molecule has 0 atom stereocenters. The van der Waals surface area contributed by atoms with Crippen molar-refractivity contribution in [1.29, 1.82) is 0 Å². The Balaban J connectivity index is 0. The maximum atomic E-state index is 11.8. The van der Waals surface area contributed by atoms with Gasteiger partial charge in [0.1, 0.15) is 0 Å². The van der Waals surface area contributed by atoms with Gasteiger partial charge in [-0.3, -0.25) is 4.79 Å². The first kappa shape index (κ1) is 24.1. The number of hydrogen-bond acceptors (Lipinski definition) is 2. The number of ketones is 1. The molecule has 0 aliphatic rings. The number of nitrogens with two attached hydrogens (primary N) is 1. The predicted octanol–water partition coefficient (Wildman–Crippen LogP) is 5.91. The molecule has 0 fully saturated rings. The van der Waals surface area contributed by atoms with Crippen LogP contribution in [-0.4, -0.2) is 12.8 Å². The third-order valence-corrected chi connectivity index (χ3v) is 2.56. The van der Waals surface area contributed by atoms with Crippen molar-refractivity contribution in [1.82, 2.24) is 0 Å². The molecule has 2 nitrogen and oxygen atoms in total. The summed E-state index contributed by atoms with van der Waals surface area (Å²) in [5, 5.41) is 0. The lowest BCUT2D eigenvalue weighted by Gasteiger charge is -1.96. The third kappa shape index (κ3) is 11.4. The molecule has 132 valence electrons. The van der Waals surface area contributed by atoms with Crippen LogP contribution in [0.2, 0.25) is 0 Å². The third-order valence-electron chi connectivity index (χ3n) is 2.56. The van der Waals surface area contributed by atoms with Crippen LogP contribution >= 0.6 is 0 Å². The Morgan fingerprint density at radius 1 is 0.917 bits per heavy atom. The van der Waals surface area contributed by atoms with Crippen LogP contribution in [0.1, 0.15) is 55.6 Å². The van der Waals surface area contributed by atoms with E-state index in [1.807, 2.05) is 81.4 Å². The maximum Gasteiger partial charge on any atom is 0.185 e. The summed E-state index contributed by atoms with van der Waals surface area (Å²) >= 11 is 0. The Morgan fingerprint density at radius 3 is 1.83 bits per heavy atom. The van der Waals surface area contributed by atoms with E-state index in [1.165, 1.54) is 13.5 Å². The molecule has 2 aromatic rings. The van der Waals surface area contributed by atoms with E-state index in [9.17, 15) is 4.79 Å². The molecule has 0 spiro atoms. The van der Waals surface area contributed by atoms with Crippen LogP contribution in [0.3, 0.4) is 0 Å². The van der Waals surface area contributed by atoms with Gasteiger partial charge in [0.25, 0.3) is 0 Å². The molecule has 24 heavy (non-hydrogen) atoms. The molecule has 2 N–H and O–H groups in total. The van der Waals surface area contributed by atoms with Gasteiger partial charge in [0.05, 0.1) is 0 Å². The normalized spacial score (nSPS) is 8.79. The fraction of sp³-hybridized carbons (Fsp3) is 0.318. The highest BCUT2D eigenvalue weighted by atomic mass is 16.1. The molecular formula is C22H33NO. The van der Waals surface area contributed by atoms with Crippen molar-refractivity contribution in [3.05, 3.63) is 77.4 Å². The van der Waals surface area contributed by atoms with E-state index in [1.54, 1.807) is 6.08 Å². The Hall–Kier alpha value is -2.19. The zero-order chi connectivity index (χ0) is 18.8. The van der Waals surface area contributed by atoms with Crippen LogP contribution in [0.15, 0.2) is 60.7 Å². The predicted molar refractivity (Wildman–Crippen MR) is 108 cm³/mol. The largest absolute Gasteiger partial charge is 0.333 e. The number of allylic oxidation sites excluding steroid dienone is 1. The maximum absolute atomic E-state index is 11.8. The van der Waals surface area contributed by atoms with Crippen LogP contribution in [0.5, 0.6) is 0 Å². The summed E-state index contributed by atoms with van der Waals surface area (Å²) in [6.45, 7) is 10.3. The number of benzene rings is 2. The Kier molecular flexibility index (Phi) is 17.2. The number of carbonyl (C=O) groups is 1. The summed E-state index contributed by atoms with van der Waals surface area (Å²) in [7, 11) is 1.50. The average Bonchev–Trinajstić information content (AvgIpc) is 2.65. The van der Waals surface area contributed by atoms with Gasteiger partial charge in [0.15, 0.2) is 5.78 Å². The quantitative estimate of drug-likeness (QED) is 0.562. The van der Waals surface area contributed by atoms with Crippen molar-refractivity contribution in [3.63, 3.8) is 0 Å². The molecule has 0 aromatic heterocycles. The average molecular weight is 328 g/mol. The summed E-state index contributed by atoms with van der Waals surface area (Å²) < 4.78 is 0. The summed E-state index contributed by atoms with van der Waals surface area (Å²) in [5.41, 5.74) is 7.42. The first-order chi connectivity index (χ1) is 11.7. The van der Waals surface area contributed by atoms with E-state index >= 15 is 0 Å². The van der Waals surface area contributed by atoms with Gasteiger partial charge in [-0.05, 0) is 25.6 Å². The van der Waals surface area contributed by atoms with Gasteiger partial charge in [-0.1, -0.05) is 100 Å². The topological polar surface area (TPSA) is 43.1 Å². The van der Waals surface area contributed by atoms with Crippen LogP contribution in [-0.2, 0) is 0 Å². The van der Waals surface area contributed by atoms with E-state index in [0.29, 0.717) is 0 Å². The molecule has 0 amide bonds. The minimum absolute atomic E-state index is 0.0360. The number of aryl methyl sites for hydroxylation is 1. The molecule has 0 saturated heterocycles. The Bertz CT molecular complexity index is 542. The molecular weight excluding hydrogens is 294 g/mol. The van der Waals surface area contributed by atoms with Crippen molar-refractivity contribution >= 4 is 11.9 Å². The first-order valence-corrected chi connectivity index (χ1v) is 8.59. The summed E-state index contributed by atoms with van der Waals surface area (Å²) in [6, 6.07) is 17.4. The van der Waals surface area contributed by atoms with Gasteiger partial charge in [0.2, 0.25) is 0 Å². The summed E-state index contributed by atoms with van der Waals surface area (Å²) in [5.74, 6) is 0.0360. The van der Waals surface area contributed by atoms with E-state index in [-0.39, 0.29) is 5.78 Å². The highest BCUT2D eigenvalue weighted by Crippen LogP contribution is 2.07. The van der Waals surface area contributed by atoms with Crippen molar-refractivity contribution in [2.45, 2.75) is 41.0 Å². The highest BCUT2D eigenvalue weighted by molar-refractivity contribution is 6.06. The highest BCUT2D eigenvalue weighted by Gasteiger charge is 1.99. The minimum atomic E-state index is 0.0360. The van der Waals surface area contributed by atoms with E-state index in [0.717, 1.165) is 16.7 Å². The number of carbonyl (C=O) groups excluding carboxylic acids is 1. The smallest absolute Gasteiger partial charge is 0.185 e. The van der Waals surface area contributed by atoms with Crippen LogP contribution in [0.25, 0.3) is 6.08 Å². The fourth-order valence-corrected chi connectivity index (χ4v) is 1.55. The van der Waals surface area contributed by atoms with E-state index in [4.69, 9.17) is 0 Å². The molecule has 2 rings (SSSR count). The zero-order valence-corrected chi connectivity index (χ0v) is 16.0. The van der Waals surface area contributed by atoms with Gasteiger partial charge in [-0.15, -0.1) is 0 Å². The molecule has 0 radical (unpaired) electrons. The Labute approximate surface area is 148 Å². The minimum Gasteiger partial charge on any atom is -0.333 e. The van der Waals surface area contributed by atoms with Crippen molar-refractivity contribution in [3.8, 4) is 0 Å². The Morgan fingerprint density at radius 2 is 1.38 bits per heavy atom. The standard InChI is InChI=1S/C16H14O.C3H8.C2H6.CH5N/c1-13-7-10-15(11-8-13)16(17)12-9-14-5-3-2-4-6-14;1-3-2;2*1-2/h2-12H,1H3;3H2,1-2H3;1-2H3;2H2,1H3/b12-9+;;;. The second-order valence-corrected chi connectivity index (χ2v) is 4.68. The van der Waals surface area contributed by atoms with Gasteiger partial charge in [0, 0.05) is 5.56 Å². The summed E-state index contributed by atoms with van der Waals surface area (Å²) in [4.78, 5) is 11.8. The van der Waals surface area contributed by atoms with E-state index in [2.05, 4.69) is 19.6 Å². The number of rotatable bonds is 3. The van der Waals surface area contributed by atoms with Crippen LogP contribution < -0.4 is 5.73 Å². The molecule has 0 unspecified atom stereocenters. The molecule has 0 heterocycles. The summed E-state index contributed by atoms with van der Waals surface area (Å²) in [6.07, 6.45) is 4.70. The van der Waals surface area contributed by atoms with E-state index < -0.39 is 0 Å². The van der Waals surface area contributed by atoms with Crippen LogP contribution in [0.4, 0.5) is 0 Å². The lowest BCUT2D eigenvalue weighted by atomic mass is 10.1. The monoisotopic (exact) mass is 327 g/mol. The lowest BCUT2D eigenvalue weighted by Crippen LogP contribution is -1.93. The van der Waals surface area contributed by atoms with Crippen molar-refractivity contribution in [2.75, 3.05) is 7.05 Å². The lowest BCUT2D eigenvalue weighted by molar-refractivity contribution is 0.104. The molecule has 0 bridgehead atoms. The molecule has 0 saturated carbocycles. The first-order valence-electron chi connectivity index (χ1n) is 8.59. The molecule has 2 heteroatoms. The van der Waals surface area contributed by atoms with Gasteiger partial charge >= 0.3 is 0 Å². The van der Waals surface area contributed by atoms with Gasteiger partial charge in [-0.25, -0.2) is 0 Å². The second-order valence-electron chi connectivity index (χ2n) is 4.68. The second kappa shape index (κ2) is 17.2. The van der Waals surface area contributed by atoms with Gasteiger partial charge in [-0.2, -0.15) is 0 Å². The van der Waals surface area contributed by atoms with Crippen LogP contribution in [0, 0.1) is 6.92 Å². The molecule has 2 aromatic carbocycles. The van der Waals surface area contributed by atoms with Crippen molar-refractivity contribution < 1.29 is 4.79 Å². The van der Waals surface area contributed by atoms with Gasteiger partial charge < -0.3 is 5.73 Å². The SMILES string of the molecule is CC.CCC.CN.Cc1ccc(C(=O)/C=C/c2ccccc2)cc1. The molecule has 0 aliphatic heterocycles. The molecule has 0 aliphatic carbocycles. The number of hydrogen-bond donors (Lipinski definition) is 1. The zero-order valence-electron chi connectivity index (χ0n) is 16.0. The fourth-order valence-electron chi connectivity index (χ4n) is 1.55.